The Morgan fingerprint density at radius 3 is 0.702 bits per heavy atom. The van der Waals surface area contributed by atoms with Gasteiger partial charge in [0.15, 0.2) is 0 Å². The molecule has 0 aliphatic heterocycles. The Labute approximate surface area is 334 Å². The molecule has 4 aromatic rings. The first kappa shape index (κ1) is 46.0. The monoisotopic (exact) mass is 972 g/mol. The van der Waals surface area contributed by atoms with Crippen LogP contribution in [0.5, 0.6) is 0 Å². The number of carboxylic acids is 4. The van der Waals surface area contributed by atoms with Gasteiger partial charge >= 0.3 is 336 Å². The van der Waals surface area contributed by atoms with Crippen LogP contribution < -0.4 is 21.2 Å². The molecule has 0 saturated carbocycles. The van der Waals surface area contributed by atoms with E-state index in [-0.39, 0.29) is 21.2 Å². The molecule has 0 spiro atoms. The van der Waals surface area contributed by atoms with Crippen LogP contribution in [0.25, 0.3) is 0 Å². The van der Waals surface area contributed by atoms with Crippen molar-refractivity contribution in [2.75, 3.05) is 24.6 Å². The molecule has 304 valence electrons. The van der Waals surface area contributed by atoms with Crippen LogP contribution in [0.15, 0.2) is 121 Å². The first-order valence-electron chi connectivity index (χ1n) is 17.2. The maximum atomic E-state index is 15.4. The first-order valence-corrected chi connectivity index (χ1v) is 29.1. The molecule has 0 aliphatic carbocycles. The van der Waals surface area contributed by atoms with Crippen LogP contribution in [0.4, 0.5) is 0 Å². The Hall–Kier alpha value is -3.68. The van der Waals surface area contributed by atoms with Crippen molar-refractivity contribution in [2.24, 2.45) is 0 Å². The summed E-state index contributed by atoms with van der Waals surface area (Å²) in [6.07, 6.45) is -6.46. The summed E-state index contributed by atoms with van der Waals surface area (Å²) in [4.78, 5) is 47.9. The van der Waals surface area contributed by atoms with E-state index >= 15 is 18.3 Å². The first-order chi connectivity index (χ1) is 26.9. The normalized spacial score (nSPS) is 16.7. The number of rotatable bonds is 24. The van der Waals surface area contributed by atoms with Crippen molar-refractivity contribution in [1.29, 1.82) is 0 Å². The summed E-state index contributed by atoms with van der Waals surface area (Å²) in [5, 5.41) is 38.4. The average Bonchev–Trinajstić information content (AvgIpc) is 3.19. The van der Waals surface area contributed by atoms with Crippen LogP contribution in [-0.4, -0.2) is 89.0 Å². The van der Waals surface area contributed by atoms with Crippen molar-refractivity contribution in [3.63, 3.8) is 0 Å². The second-order valence-electron chi connectivity index (χ2n) is 12.4. The molecule has 0 radical (unpaired) electrons. The van der Waals surface area contributed by atoms with E-state index in [2.05, 4.69) is 0 Å². The SMILES string of the molecule is O=C(O)CCP(=O)([O][Sn]([O]P(=O)(CCC(=O)O)c1ccccc1)([O]P(=O)(CCC(=O)O)c1ccccc1)[O]P(=O)(CCC(=O)O)c1ccccc1)c1ccccc1. The van der Waals surface area contributed by atoms with Gasteiger partial charge in [-0.15, -0.1) is 0 Å². The van der Waals surface area contributed by atoms with Gasteiger partial charge in [0.25, 0.3) is 0 Å². The molecule has 0 heterocycles. The zero-order chi connectivity index (χ0) is 41.7. The predicted octanol–water partition coefficient (Wildman–Crippen LogP) is 5.80. The van der Waals surface area contributed by atoms with E-state index in [1.54, 1.807) is 24.3 Å². The molecule has 0 fully saturated rings. The summed E-state index contributed by atoms with van der Waals surface area (Å²) in [6.45, 7) is 0. The molecule has 0 bridgehead atoms. The Balaban J connectivity index is 2.16. The average molecular weight is 971 g/mol. The summed E-state index contributed by atoms with van der Waals surface area (Å²) < 4.78 is 87.1. The van der Waals surface area contributed by atoms with Crippen molar-refractivity contribution in [3.8, 4) is 0 Å². The Morgan fingerprint density at radius 2 is 0.544 bits per heavy atom. The van der Waals surface area contributed by atoms with Gasteiger partial charge in [-0.3, -0.25) is 0 Å². The molecule has 4 unspecified atom stereocenters. The molecule has 0 aromatic heterocycles. The summed E-state index contributed by atoms with van der Waals surface area (Å²) >= 11 is -7.39. The molecule has 4 N–H and O–H groups in total. The van der Waals surface area contributed by atoms with Gasteiger partial charge in [0.1, 0.15) is 0 Å². The fourth-order valence-corrected chi connectivity index (χ4v) is 38.1. The van der Waals surface area contributed by atoms with E-state index in [0.29, 0.717) is 0 Å². The standard InChI is InChI=1S/4C9H11O4P.Sn/c4*10-9(11)6-7-14(12,13)8-4-2-1-3-5-8;/h4*1-5H,6-7H2,(H,10,11)(H,12,13);/q;;;;+4/p-4. The number of aliphatic carboxylic acids is 4. The summed E-state index contributed by atoms with van der Waals surface area (Å²) in [6, 6.07) is 28.2. The zero-order valence-corrected chi connectivity index (χ0v) is 36.6. The fourth-order valence-electron chi connectivity index (χ4n) is 5.32. The van der Waals surface area contributed by atoms with Crippen LogP contribution in [0.3, 0.4) is 0 Å². The van der Waals surface area contributed by atoms with Gasteiger partial charge in [0, 0.05) is 0 Å². The molecule has 0 amide bonds. The predicted molar refractivity (Wildman–Crippen MR) is 213 cm³/mol. The van der Waals surface area contributed by atoms with Gasteiger partial charge in [-0.05, 0) is 0 Å². The Bertz CT molecular complexity index is 1890. The van der Waals surface area contributed by atoms with Crippen molar-refractivity contribution in [1.82, 2.24) is 0 Å². The van der Waals surface area contributed by atoms with Gasteiger partial charge in [0.2, 0.25) is 0 Å². The van der Waals surface area contributed by atoms with Crippen molar-refractivity contribution < 1.29 is 69.3 Å². The molecule has 21 heteroatoms. The second kappa shape index (κ2) is 20.3. The number of benzene rings is 4. The number of hydrogen-bond acceptors (Lipinski definition) is 12. The third-order valence-corrected chi connectivity index (χ3v) is 35.5. The molecule has 0 aliphatic rings. The Kier molecular flexibility index (Phi) is 16.4. The van der Waals surface area contributed by atoms with E-state index < -0.39 is 124 Å². The van der Waals surface area contributed by atoms with Crippen LogP contribution in [0, 0.1) is 0 Å². The molecule has 57 heavy (non-hydrogen) atoms. The van der Waals surface area contributed by atoms with E-state index in [4.69, 9.17) is 11.4 Å². The number of carboxylic acid groups (broad SMARTS) is 4. The molecule has 0 saturated heterocycles. The molecular formula is C36H40O16P4Sn. The van der Waals surface area contributed by atoms with E-state index in [9.17, 15) is 39.6 Å². The van der Waals surface area contributed by atoms with Crippen LogP contribution in [0.1, 0.15) is 25.7 Å². The second-order valence-corrected chi connectivity index (χ2v) is 31.4. The maximum absolute atomic E-state index is 15.4. The third kappa shape index (κ3) is 13.2. The molecule has 4 aromatic carbocycles. The molecular weight excluding hydrogens is 931 g/mol. The van der Waals surface area contributed by atoms with Gasteiger partial charge in [0.05, 0.1) is 0 Å². The summed E-state index contributed by atoms with van der Waals surface area (Å²) in [5.41, 5.74) is 0. The minimum absolute atomic E-state index is 0.150. The molecule has 4 rings (SSSR count). The van der Waals surface area contributed by atoms with Gasteiger partial charge in [-0.1, -0.05) is 0 Å². The van der Waals surface area contributed by atoms with Gasteiger partial charge in [-0.25, -0.2) is 0 Å². The number of carbonyl (C=O) groups is 4. The summed E-state index contributed by atoms with van der Waals surface area (Å²) in [7, 11) is -19.1. The molecule has 16 nitrogen and oxygen atoms in total. The van der Waals surface area contributed by atoms with E-state index in [1.165, 1.54) is 97.1 Å². The number of hydrogen-bond donors (Lipinski definition) is 4. The van der Waals surface area contributed by atoms with Crippen molar-refractivity contribution in [3.05, 3.63) is 121 Å². The van der Waals surface area contributed by atoms with Crippen molar-refractivity contribution >= 4 is 94.6 Å². The fraction of sp³-hybridized carbons (Fsp3) is 0.222. The topological polar surface area (TPSA) is 254 Å². The van der Waals surface area contributed by atoms with Gasteiger partial charge < -0.3 is 0 Å². The summed E-state index contributed by atoms with van der Waals surface area (Å²) in [5.74, 6) is -5.71. The van der Waals surface area contributed by atoms with Crippen molar-refractivity contribution in [2.45, 2.75) is 25.7 Å². The quantitative estimate of drug-likeness (QED) is 0.0478. The third-order valence-electron chi connectivity index (χ3n) is 8.12. The van der Waals surface area contributed by atoms with Crippen LogP contribution in [-0.2, 0) is 48.9 Å². The van der Waals surface area contributed by atoms with Crippen LogP contribution >= 0.6 is 29.5 Å². The van der Waals surface area contributed by atoms with Gasteiger partial charge in [-0.2, -0.15) is 0 Å². The minimum atomic E-state index is -7.39. The zero-order valence-electron chi connectivity index (χ0n) is 30.2. The molecule has 4 atom stereocenters. The van der Waals surface area contributed by atoms with Crippen LogP contribution in [0.2, 0.25) is 0 Å². The van der Waals surface area contributed by atoms with E-state index in [0.717, 1.165) is 0 Å². The Morgan fingerprint density at radius 1 is 0.368 bits per heavy atom. The van der Waals surface area contributed by atoms with E-state index in [1.807, 2.05) is 0 Å².